The second kappa shape index (κ2) is 20.5. The first-order valence-corrected chi connectivity index (χ1v) is 17.9. The molecule has 1 rings (SSSR count). The molecule has 1 aliphatic carbocycles. The molecule has 49 heavy (non-hydrogen) atoms. The van der Waals surface area contributed by atoms with Crippen molar-refractivity contribution in [2.24, 2.45) is 17.8 Å². The predicted molar refractivity (Wildman–Crippen MR) is 190 cm³/mol. The summed E-state index contributed by atoms with van der Waals surface area (Å²) in [5.74, 6) is -2.09. The average molecular weight is 695 g/mol. The van der Waals surface area contributed by atoms with E-state index in [0.717, 1.165) is 32.1 Å². The van der Waals surface area contributed by atoms with Gasteiger partial charge in [-0.05, 0) is 58.4 Å². The number of nitrogens with one attached hydrogen (secondary N) is 2. The lowest BCUT2D eigenvalue weighted by Crippen LogP contribution is -2.56. The summed E-state index contributed by atoms with van der Waals surface area (Å²) in [6.07, 6.45) is 6.91. The van der Waals surface area contributed by atoms with E-state index in [4.69, 9.17) is 4.74 Å². The molecule has 282 valence electrons. The second-order valence-corrected chi connectivity index (χ2v) is 15.3. The summed E-state index contributed by atoms with van der Waals surface area (Å²) in [4.78, 5) is 84.8. The Bertz CT molecular complexity index is 1120. The Hall–Kier alpha value is -3.22. The summed E-state index contributed by atoms with van der Waals surface area (Å²) in [7, 11) is 7.78. The summed E-state index contributed by atoms with van der Waals surface area (Å²) in [6, 6.07) is -2.08. The second-order valence-electron chi connectivity index (χ2n) is 15.3. The zero-order valence-corrected chi connectivity index (χ0v) is 32.4. The number of nitrogens with zero attached hydrogens (tertiary/aromatic N) is 4. The van der Waals surface area contributed by atoms with E-state index in [9.17, 15) is 28.8 Å². The maximum atomic E-state index is 13.7. The van der Waals surface area contributed by atoms with E-state index in [0.29, 0.717) is 19.3 Å². The third-order valence-corrected chi connectivity index (χ3v) is 9.29. The molecule has 1 saturated carbocycles. The minimum atomic E-state index is -0.819. The Balaban J connectivity index is 3.01. The summed E-state index contributed by atoms with van der Waals surface area (Å²) in [6.45, 7) is 12.3. The molecule has 13 heteroatoms. The van der Waals surface area contributed by atoms with E-state index in [-0.39, 0.29) is 49.2 Å². The van der Waals surface area contributed by atoms with Gasteiger partial charge in [0, 0.05) is 28.2 Å². The Morgan fingerprint density at radius 2 is 1.35 bits per heavy atom. The number of carbonyl (C=O) groups excluding carboxylic acids is 6. The lowest BCUT2D eigenvalue weighted by molar-refractivity contribution is -0.159. The van der Waals surface area contributed by atoms with Gasteiger partial charge in [0.25, 0.3) is 0 Å². The van der Waals surface area contributed by atoms with Crippen molar-refractivity contribution in [3.63, 3.8) is 0 Å². The molecule has 2 N–H and O–H groups in total. The molecular weight excluding hydrogens is 628 g/mol. The fourth-order valence-corrected chi connectivity index (χ4v) is 6.04. The molecule has 0 bridgehead atoms. The van der Waals surface area contributed by atoms with Crippen LogP contribution in [0.4, 0.5) is 0 Å². The molecule has 1 fully saturated rings. The lowest BCUT2D eigenvalue weighted by atomic mass is 9.84. The van der Waals surface area contributed by atoms with Gasteiger partial charge in [0.05, 0.1) is 19.1 Å². The van der Waals surface area contributed by atoms with Gasteiger partial charge < -0.3 is 35.0 Å². The van der Waals surface area contributed by atoms with Crippen molar-refractivity contribution in [3.8, 4) is 0 Å². The molecule has 0 heterocycles. The van der Waals surface area contributed by atoms with Crippen LogP contribution < -0.4 is 10.6 Å². The molecule has 0 aromatic carbocycles. The van der Waals surface area contributed by atoms with Crippen LogP contribution in [0.3, 0.4) is 0 Å². The Kier molecular flexibility index (Phi) is 18.3. The molecular formula is C36H66N6O7. The van der Waals surface area contributed by atoms with Crippen LogP contribution in [0.15, 0.2) is 0 Å². The third kappa shape index (κ3) is 15.1. The smallest absolute Gasteiger partial charge is 0.326 e. The predicted octanol–water partition coefficient (Wildman–Crippen LogP) is 2.67. The topological polar surface area (TPSA) is 149 Å². The van der Waals surface area contributed by atoms with E-state index in [1.165, 1.54) is 40.7 Å². The van der Waals surface area contributed by atoms with Crippen molar-refractivity contribution in [2.75, 3.05) is 54.9 Å². The first kappa shape index (κ1) is 43.8. The summed E-state index contributed by atoms with van der Waals surface area (Å²) in [5.41, 5.74) is -0.697. The van der Waals surface area contributed by atoms with E-state index in [1.54, 1.807) is 34.9 Å². The maximum Gasteiger partial charge on any atom is 0.326 e. The number of rotatable bonds is 18. The molecule has 4 atom stereocenters. The van der Waals surface area contributed by atoms with Crippen LogP contribution in [0.1, 0.15) is 99.8 Å². The molecule has 0 radical (unpaired) electrons. The van der Waals surface area contributed by atoms with Crippen LogP contribution in [-0.4, -0.2) is 134 Å². The van der Waals surface area contributed by atoms with Gasteiger partial charge in [0.1, 0.15) is 24.2 Å². The highest BCUT2D eigenvalue weighted by Gasteiger charge is 2.35. The van der Waals surface area contributed by atoms with Gasteiger partial charge >= 0.3 is 5.97 Å². The average Bonchev–Trinajstić information content (AvgIpc) is 3.02. The zero-order chi connectivity index (χ0) is 37.6. The number of esters is 1. The first-order chi connectivity index (χ1) is 22.7. The van der Waals surface area contributed by atoms with Crippen molar-refractivity contribution >= 4 is 35.5 Å². The fourth-order valence-electron chi connectivity index (χ4n) is 6.04. The lowest BCUT2D eigenvalue weighted by Gasteiger charge is -2.35. The van der Waals surface area contributed by atoms with Gasteiger partial charge in [0.2, 0.25) is 29.5 Å². The van der Waals surface area contributed by atoms with Crippen molar-refractivity contribution in [1.82, 2.24) is 30.2 Å². The number of hydrogen-bond acceptors (Lipinski definition) is 8. The normalized spacial score (nSPS) is 16.2. The highest BCUT2D eigenvalue weighted by molar-refractivity contribution is 5.94. The first-order valence-electron chi connectivity index (χ1n) is 17.9. The van der Waals surface area contributed by atoms with Crippen LogP contribution in [0.5, 0.6) is 0 Å². The summed E-state index contributed by atoms with van der Waals surface area (Å²) < 4.78 is 5.40. The van der Waals surface area contributed by atoms with Gasteiger partial charge in [-0.3, -0.25) is 28.8 Å². The van der Waals surface area contributed by atoms with Crippen LogP contribution in [0.2, 0.25) is 0 Å². The van der Waals surface area contributed by atoms with E-state index >= 15 is 0 Å². The van der Waals surface area contributed by atoms with Crippen LogP contribution in [-0.2, 0) is 33.5 Å². The van der Waals surface area contributed by atoms with Gasteiger partial charge in [-0.15, -0.1) is 0 Å². The maximum absolute atomic E-state index is 13.7. The molecule has 0 aromatic rings. The molecule has 0 aromatic heterocycles. The Labute approximate surface area is 295 Å². The number of amides is 5. The fraction of sp³-hybridized carbons (Fsp3) is 0.833. The van der Waals surface area contributed by atoms with E-state index in [1.807, 2.05) is 27.7 Å². The van der Waals surface area contributed by atoms with E-state index in [2.05, 4.69) is 10.6 Å². The number of ether oxygens (including phenoxy) is 1. The highest BCUT2D eigenvalue weighted by Crippen LogP contribution is 2.29. The molecule has 1 aliphatic rings. The van der Waals surface area contributed by atoms with Crippen LogP contribution in [0.25, 0.3) is 0 Å². The molecule has 0 spiro atoms. The molecule has 0 aliphatic heterocycles. The highest BCUT2D eigenvalue weighted by atomic mass is 16.6. The van der Waals surface area contributed by atoms with Crippen molar-refractivity contribution in [3.05, 3.63) is 0 Å². The molecule has 5 amide bonds. The third-order valence-electron chi connectivity index (χ3n) is 9.29. The number of likely N-dealkylation sites (N-methyl/N-ethyl adjacent to an activating group) is 5. The van der Waals surface area contributed by atoms with Gasteiger partial charge in [-0.1, -0.05) is 66.2 Å². The molecule has 0 unspecified atom stereocenters. The standard InChI is InChI=1S/C36H66N6O7/c1-13-25(4)32(38-33(46)27(37-8)19-24(2)3)35(48)40(10)21-29(43)39(9)22-30(44)42(12)28(20-26-17-15-14-16-18-26)34(47)41(11)23-31(45)49-36(5,6)7/h24-28,32,37H,13-23H2,1-12H3,(H,38,46)/t25-,27-,28-,32-/m0/s1. The van der Waals surface area contributed by atoms with Crippen molar-refractivity contribution in [2.45, 2.75) is 124 Å². The summed E-state index contributed by atoms with van der Waals surface area (Å²) in [5, 5.41) is 5.92. The molecule has 13 nitrogen and oxygen atoms in total. The monoisotopic (exact) mass is 694 g/mol. The minimum absolute atomic E-state index is 0.175. The number of carbonyl (C=O) groups is 6. The van der Waals surface area contributed by atoms with Crippen LogP contribution >= 0.6 is 0 Å². The minimum Gasteiger partial charge on any atom is -0.459 e. The van der Waals surface area contributed by atoms with Gasteiger partial charge in [-0.2, -0.15) is 0 Å². The Morgan fingerprint density at radius 3 is 1.86 bits per heavy atom. The van der Waals surface area contributed by atoms with Gasteiger partial charge in [-0.25, -0.2) is 0 Å². The Morgan fingerprint density at radius 1 is 0.796 bits per heavy atom. The molecule has 0 saturated heterocycles. The van der Waals surface area contributed by atoms with Crippen molar-refractivity contribution in [1.29, 1.82) is 0 Å². The number of hydrogen-bond donors (Lipinski definition) is 2. The van der Waals surface area contributed by atoms with Gasteiger partial charge in [0.15, 0.2) is 0 Å². The summed E-state index contributed by atoms with van der Waals surface area (Å²) >= 11 is 0. The van der Waals surface area contributed by atoms with E-state index < -0.39 is 47.4 Å². The van der Waals surface area contributed by atoms with Crippen molar-refractivity contribution < 1.29 is 33.5 Å². The SMILES string of the molecule is CC[C@H](C)[C@H](NC(=O)[C@H](CC(C)C)NC)C(=O)N(C)CC(=O)N(C)CC(=O)N(C)[C@@H](CC1CCCCC1)C(=O)N(C)CC(=O)OC(C)(C)C. The zero-order valence-electron chi connectivity index (χ0n) is 32.4. The largest absolute Gasteiger partial charge is 0.459 e. The quantitative estimate of drug-likeness (QED) is 0.208. The van der Waals surface area contributed by atoms with Crippen LogP contribution in [0, 0.1) is 17.8 Å².